The minimum Gasteiger partial charge on any atom is -0.337 e. The zero-order valence-electron chi connectivity index (χ0n) is 14.6. The minimum absolute atomic E-state index is 0.126. The Bertz CT molecular complexity index is 760. The first-order chi connectivity index (χ1) is 11.7. The third kappa shape index (κ3) is 2.54. The van der Waals surface area contributed by atoms with Crippen LogP contribution in [-0.2, 0) is 19.3 Å². The van der Waals surface area contributed by atoms with Crippen LogP contribution in [0, 0.1) is 5.92 Å². The summed E-state index contributed by atoms with van der Waals surface area (Å²) in [4.78, 5) is 14.9. The minimum atomic E-state index is 0.126. The summed E-state index contributed by atoms with van der Waals surface area (Å²) in [6, 6.07) is 8.55. The maximum Gasteiger partial charge on any atom is 0.274 e. The van der Waals surface area contributed by atoms with Crippen LogP contribution in [0.4, 0.5) is 0 Å². The normalized spacial score (nSPS) is 19.8. The fraction of sp³-hybridized carbons (Fsp3) is 0.500. The van der Waals surface area contributed by atoms with Crippen LogP contribution in [0.25, 0.3) is 5.69 Å². The number of carbonyl (C=O) groups is 1. The van der Waals surface area contributed by atoms with Gasteiger partial charge in [0.2, 0.25) is 0 Å². The summed E-state index contributed by atoms with van der Waals surface area (Å²) in [6.07, 6.45) is 5.26. The molecule has 126 valence electrons. The monoisotopic (exact) mass is 323 g/mol. The van der Waals surface area contributed by atoms with Gasteiger partial charge >= 0.3 is 0 Å². The van der Waals surface area contributed by atoms with E-state index in [1.165, 1.54) is 16.8 Å². The quantitative estimate of drug-likeness (QED) is 0.868. The Balaban J connectivity index is 1.70. The van der Waals surface area contributed by atoms with Crippen molar-refractivity contribution in [2.75, 3.05) is 13.1 Å². The number of amides is 1. The summed E-state index contributed by atoms with van der Waals surface area (Å²) in [5.41, 5.74) is 5.49. The molecule has 2 heterocycles. The fourth-order valence-electron chi connectivity index (χ4n) is 3.96. The lowest BCUT2D eigenvalue weighted by Crippen LogP contribution is -2.29. The van der Waals surface area contributed by atoms with Gasteiger partial charge in [0.15, 0.2) is 5.69 Å². The highest BCUT2D eigenvalue weighted by atomic mass is 16.2. The molecule has 1 atom stereocenters. The number of benzene rings is 1. The van der Waals surface area contributed by atoms with Gasteiger partial charge in [-0.3, -0.25) is 4.79 Å². The van der Waals surface area contributed by atoms with E-state index in [1.54, 1.807) is 0 Å². The van der Waals surface area contributed by atoms with Crippen LogP contribution in [0.15, 0.2) is 24.3 Å². The number of aromatic nitrogens is 2. The van der Waals surface area contributed by atoms with E-state index in [1.807, 2.05) is 9.58 Å². The Morgan fingerprint density at radius 3 is 2.71 bits per heavy atom. The second kappa shape index (κ2) is 6.08. The van der Waals surface area contributed by atoms with Gasteiger partial charge in [0.25, 0.3) is 5.91 Å². The van der Waals surface area contributed by atoms with E-state index >= 15 is 0 Å². The molecule has 2 aromatic rings. The number of aryl methyl sites for hydroxylation is 1. The van der Waals surface area contributed by atoms with Crippen LogP contribution in [0.3, 0.4) is 0 Å². The topological polar surface area (TPSA) is 38.1 Å². The highest BCUT2D eigenvalue weighted by Crippen LogP contribution is 2.29. The average molecular weight is 323 g/mol. The molecule has 1 unspecified atom stereocenters. The summed E-state index contributed by atoms with van der Waals surface area (Å²) in [7, 11) is 0. The zero-order valence-corrected chi connectivity index (χ0v) is 14.6. The number of hydrogen-bond donors (Lipinski definition) is 0. The van der Waals surface area contributed by atoms with Gasteiger partial charge in [-0.2, -0.15) is 5.10 Å². The van der Waals surface area contributed by atoms with Gasteiger partial charge in [-0.05, 0) is 55.7 Å². The van der Waals surface area contributed by atoms with Crippen molar-refractivity contribution in [3.63, 3.8) is 0 Å². The molecule has 1 aromatic heterocycles. The molecule has 1 saturated heterocycles. The number of hydrogen-bond acceptors (Lipinski definition) is 2. The van der Waals surface area contributed by atoms with E-state index < -0.39 is 0 Å². The van der Waals surface area contributed by atoms with Crippen LogP contribution in [0.2, 0.25) is 0 Å². The molecule has 0 radical (unpaired) electrons. The molecule has 0 spiro atoms. The third-order valence-corrected chi connectivity index (χ3v) is 5.43. The van der Waals surface area contributed by atoms with Gasteiger partial charge < -0.3 is 4.90 Å². The largest absolute Gasteiger partial charge is 0.337 e. The van der Waals surface area contributed by atoms with Crippen molar-refractivity contribution in [1.82, 2.24) is 14.7 Å². The van der Waals surface area contributed by atoms with Crippen molar-refractivity contribution in [1.29, 1.82) is 0 Å². The first-order valence-corrected chi connectivity index (χ1v) is 9.16. The Kier molecular flexibility index (Phi) is 3.91. The SMILES string of the molecule is CCc1ccc(-n2nc(C(=O)N3CCC(C)C3)c3c2CCC3)cc1. The van der Waals surface area contributed by atoms with E-state index in [0.717, 1.165) is 50.9 Å². The lowest BCUT2D eigenvalue weighted by Gasteiger charge is -2.14. The molecule has 2 aliphatic rings. The Morgan fingerprint density at radius 2 is 2.04 bits per heavy atom. The zero-order chi connectivity index (χ0) is 16.7. The molecule has 4 rings (SSSR count). The van der Waals surface area contributed by atoms with Crippen LogP contribution in [-0.4, -0.2) is 33.7 Å². The van der Waals surface area contributed by atoms with E-state index in [4.69, 9.17) is 5.10 Å². The van der Waals surface area contributed by atoms with Crippen LogP contribution in [0.5, 0.6) is 0 Å². The second-order valence-electron chi connectivity index (χ2n) is 7.20. The fourth-order valence-corrected chi connectivity index (χ4v) is 3.96. The highest BCUT2D eigenvalue weighted by molar-refractivity contribution is 5.94. The number of carbonyl (C=O) groups excluding carboxylic acids is 1. The number of likely N-dealkylation sites (tertiary alicyclic amines) is 1. The number of fused-ring (bicyclic) bond motifs is 1. The first kappa shape index (κ1) is 15.4. The Hall–Kier alpha value is -2.10. The lowest BCUT2D eigenvalue weighted by molar-refractivity contribution is 0.0780. The number of nitrogens with zero attached hydrogens (tertiary/aromatic N) is 3. The van der Waals surface area contributed by atoms with E-state index in [2.05, 4.69) is 38.1 Å². The Labute approximate surface area is 143 Å². The average Bonchev–Trinajstić information content (AvgIpc) is 3.30. The van der Waals surface area contributed by atoms with Crippen molar-refractivity contribution < 1.29 is 4.79 Å². The smallest absolute Gasteiger partial charge is 0.274 e. The maximum atomic E-state index is 12.9. The summed E-state index contributed by atoms with van der Waals surface area (Å²) < 4.78 is 2.01. The molecular formula is C20H25N3O. The van der Waals surface area contributed by atoms with E-state index in [0.29, 0.717) is 11.6 Å². The van der Waals surface area contributed by atoms with Gasteiger partial charge in [0.05, 0.1) is 5.69 Å². The molecule has 1 aliphatic carbocycles. The van der Waals surface area contributed by atoms with E-state index in [-0.39, 0.29) is 5.91 Å². The third-order valence-electron chi connectivity index (χ3n) is 5.43. The molecule has 4 nitrogen and oxygen atoms in total. The standard InChI is InChI=1S/C20H25N3O/c1-3-15-7-9-16(10-8-15)23-18-6-4-5-17(18)19(21-23)20(24)22-12-11-14(2)13-22/h7-10,14H,3-6,11-13H2,1-2H3. The molecular weight excluding hydrogens is 298 g/mol. The van der Waals surface area contributed by atoms with Crippen molar-refractivity contribution in [3.05, 3.63) is 46.8 Å². The summed E-state index contributed by atoms with van der Waals surface area (Å²) in [6.45, 7) is 6.11. The van der Waals surface area contributed by atoms with Gasteiger partial charge in [-0.1, -0.05) is 26.0 Å². The van der Waals surface area contributed by atoms with Gasteiger partial charge in [-0.15, -0.1) is 0 Å². The summed E-state index contributed by atoms with van der Waals surface area (Å²) in [5.74, 6) is 0.729. The highest BCUT2D eigenvalue weighted by Gasteiger charge is 2.31. The molecule has 0 N–H and O–H groups in total. The Morgan fingerprint density at radius 1 is 1.25 bits per heavy atom. The molecule has 1 aliphatic heterocycles. The van der Waals surface area contributed by atoms with Crippen LogP contribution >= 0.6 is 0 Å². The maximum absolute atomic E-state index is 12.9. The molecule has 1 aromatic carbocycles. The van der Waals surface area contributed by atoms with E-state index in [9.17, 15) is 4.79 Å². The molecule has 24 heavy (non-hydrogen) atoms. The molecule has 0 saturated carbocycles. The predicted molar refractivity (Wildman–Crippen MR) is 94.7 cm³/mol. The lowest BCUT2D eigenvalue weighted by atomic mass is 10.1. The van der Waals surface area contributed by atoms with Crippen molar-refractivity contribution >= 4 is 5.91 Å². The molecule has 1 amide bonds. The summed E-state index contributed by atoms with van der Waals surface area (Å²) in [5, 5.41) is 4.75. The summed E-state index contributed by atoms with van der Waals surface area (Å²) >= 11 is 0. The first-order valence-electron chi connectivity index (χ1n) is 9.16. The van der Waals surface area contributed by atoms with Crippen molar-refractivity contribution in [2.45, 2.75) is 46.0 Å². The van der Waals surface area contributed by atoms with Gasteiger partial charge in [0.1, 0.15) is 0 Å². The van der Waals surface area contributed by atoms with Crippen molar-refractivity contribution in [2.24, 2.45) is 5.92 Å². The van der Waals surface area contributed by atoms with Gasteiger partial charge in [-0.25, -0.2) is 4.68 Å². The molecule has 4 heteroatoms. The molecule has 0 bridgehead atoms. The van der Waals surface area contributed by atoms with Crippen LogP contribution < -0.4 is 0 Å². The van der Waals surface area contributed by atoms with Crippen molar-refractivity contribution in [3.8, 4) is 5.69 Å². The second-order valence-corrected chi connectivity index (χ2v) is 7.20. The van der Waals surface area contributed by atoms with Crippen LogP contribution in [0.1, 0.15) is 54.0 Å². The predicted octanol–water partition coefficient (Wildman–Crippen LogP) is 3.41. The van der Waals surface area contributed by atoms with Gasteiger partial charge in [0, 0.05) is 24.3 Å². The number of rotatable bonds is 3. The molecule has 1 fully saturated rings.